The molecule has 21 heteroatoms. The molecule has 0 aliphatic rings. The molecule has 1 heterocycles. The molecule has 0 unspecified atom stereocenters. The molecule has 75 heavy (non-hydrogen) atoms. The van der Waals surface area contributed by atoms with Crippen molar-refractivity contribution in [2.75, 3.05) is 13.1 Å². The van der Waals surface area contributed by atoms with Crippen molar-refractivity contribution in [3.8, 4) is 0 Å². The zero-order valence-corrected chi connectivity index (χ0v) is 44.6. The third-order valence-corrected chi connectivity index (χ3v) is 12.3. The molecule has 0 saturated carbocycles. The zero-order chi connectivity index (χ0) is 55.5. The maximum absolute atomic E-state index is 14.6. The molecule has 7 amide bonds. The number of carboxylic acid groups (broad SMARTS) is 1. The van der Waals surface area contributed by atoms with Crippen molar-refractivity contribution in [1.82, 2.24) is 47.2 Å². The molecule has 21 nitrogen and oxygen atoms in total. The monoisotopic (exact) mass is 1040 g/mol. The minimum atomic E-state index is -1.28. The molecule has 0 bridgehead atoms. The quantitative estimate of drug-likeness (QED) is 0.0374. The number of rotatable bonds is 35. The van der Waals surface area contributed by atoms with Crippen LogP contribution in [-0.4, -0.2) is 124 Å². The summed E-state index contributed by atoms with van der Waals surface area (Å²) in [6, 6.07) is 8.44. The Kier molecular flexibility index (Phi) is 27.8. The van der Waals surface area contributed by atoms with Crippen LogP contribution >= 0.6 is 0 Å². The van der Waals surface area contributed by atoms with Crippen molar-refractivity contribution in [3.05, 3.63) is 90.0 Å². The van der Waals surface area contributed by atoms with E-state index in [1.165, 1.54) is 12.5 Å². The smallest absolute Gasteiger partial charge is 0.326 e. The first-order chi connectivity index (χ1) is 35.7. The van der Waals surface area contributed by atoms with Gasteiger partial charge in [0.2, 0.25) is 41.4 Å². The number of hydrogen-bond donors (Lipinski definition) is 12. The normalized spacial score (nSPS) is 14.6. The van der Waals surface area contributed by atoms with E-state index in [0.717, 1.165) is 0 Å². The Labute approximate surface area is 441 Å². The van der Waals surface area contributed by atoms with Gasteiger partial charge in [-0.2, -0.15) is 0 Å². The highest BCUT2D eigenvalue weighted by Crippen LogP contribution is 2.14. The van der Waals surface area contributed by atoms with E-state index in [1.54, 1.807) is 60.7 Å². The van der Waals surface area contributed by atoms with Crippen molar-refractivity contribution >= 4 is 47.3 Å². The second-order valence-corrected chi connectivity index (χ2v) is 20.5. The molecule has 414 valence electrons. The number of aromatic nitrogens is 2. The summed E-state index contributed by atoms with van der Waals surface area (Å²) in [5.41, 5.74) is 19.5. The SMILES string of the molecule is CC(C)C[C@@H](NC(=O)[C@H](Cc1ccccc1)NC(=O)[C@@H](CC(C)C)NC(=O)[C@H](Cc1ccccc1)NC(=O)[C@@H](CC(C)C)NC(=O)[C@H](CCCCN)NC(=O)[C@@H](Cc1cnc[nH]1)NC(=O)[C@@H](N)CCCCN)C(=O)O. The van der Waals surface area contributed by atoms with E-state index in [-0.39, 0.29) is 62.7 Å². The van der Waals surface area contributed by atoms with Crippen molar-refractivity contribution in [3.63, 3.8) is 0 Å². The summed E-state index contributed by atoms with van der Waals surface area (Å²) in [4.78, 5) is 118. The molecule has 0 aliphatic carbocycles. The van der Waals surface area contributed by atoms with E-state index in [9.17, 15) is 43.5 Å². The average molecular weight is 1050 g/mol. The van der Waals surface area contributed by atoms with Gasteiger partial charge in [0, 0.05) is 31.2 Å². The minimum Gasteiger partial charge on any atom is -0.480 e. The first-order valence-corrected chi connectivity index (χ1v) is 26.3. The number of nitrogens with zero attached hydrogens (tertiary/aromatic N) is 1. The zero-order valence-electron chi connectivity index (χ0n) is 44.6. The van der Waals surface area contributed by atoms with Crippen LogP contribution in [0.15, 0.2) is 73.2 Å². The standard InChI is InChI=1S/C54H84N12O9/c1-33(2)25-41(62-48(68)40(22-14-16-24-56)60-53(73)45(30-38-31-58-32-59-38)61-47(67)39(57)21-13-15-23-55)49(69)64-43(28-36-17-9-7-10-18-36)51(71)63-42(26-34(3)4)50(70)65-44(29-37-19-11-8-12-20-37)52(72)66-46(54(74)75)27-35(5)6/h7-12,17-20,31-35,39-46H,13-16,21-30,55-57H2,1-6H3,(H,58,59)(H,60,73)(H,61,67)(H,62,68)(H,63,71)(H,64,69)(H,65,70)(H,66,72)(H,74,75)/t39-,40-,41+,42+,43-,44-,45+,46+/m0/s1. The second-order valence-electron chi connectivity index (χ2n) is 20.5. The van der Waals surface area contributed by atoms with Gasteiger partial charge in [-0.05, 0) is 93.3 Å². The number of amides is 7. The summed E-state index contributed by atoms with van der Waals surface area (Å²) in [6.45, 7) is 11.9. The van der Waals surface area contributed by atoms with Crippen LogP contribution in [0.3, 0.4) is 0 Å². The number of carbonyl (C=O) groups excluding carboxylic acids is 7. The number of hydrogen-bond acceptors (Lipinski definition) is 12. The Hall–Kier alpha value is -6.71. The number of nitrogens with two attached hydrogens (primary N) is 3. The van der Waals surface area contributed by atoms with E-state index in [2.05, 4.69) is 47.2 Å². The summed E-state index contributed by atoms with van der Waals surface area (Å²) in [5, 5.41) is 29.3. The molecular formula is C54H84N12O9. The van der Waals surface area contributed by atoms with Crippen LogP contribution in [0.4, 0.5) is 0 Å². The van der Waals surface area contributed by atoms with E-state index in [4.69, 9.17) is 17.2 Å². The van der Waals surface area contributed by atoms with Gasteiger partial charge < -0.3 is 64.5 Å². The fraction of sp³-hybridized carbons (Fsp3) is 0.574. The lowest BCUT2D eigenvalue weighted by Gasteiger charge is -2.29. The van der Waals surface area contributed by atoms with Crippen molar-refractivity contribution in [2.24, 2.45) is 35.0 Å². The van der Waals surface area contributed by atoms with Crippen LogP contribution in [0.2, 0.25) is 0 Å². The molecule has 0 aliphatic heterocycles. The predicted octanol–water partition coefficient (Wildman–Crippen LogP) is 1.64. The molecule has 0 saturated heterocycles. The van der Waals surface area contributed by atoms with Crippen LogP contribution in [-0.2, 0) is 57.6 Å². The van der Waals surface area contributed by atoms with E-state index in [1.807, 2.05) is 41.5 Å². The molecule has 15 N–H and O–H groups in total. The first kappa shape index (κ1) is 62.6. The average Bonchev–Trinajstić information content (AvgIpc) is 3.88. The van der Waals surface area contributed by atoms with Gasteiger partial charge in [-0.25, -0.2) is 9.78 Å². The Morgan fingerprint density at radius 2 is 0.840 bits per heavy atom. The van der Waals surface area contributed by atoms with Crippen LogP contribution in [0.1, 0.15) is 116 Å². The lowest BCUT2D eigenvalue weighted by atomic mass is 9.98. The highest BCUT2D eigenvalue weighted by atomic mass is 16.4. The van der Waals surface area contributed by atoms with E-state index in [0.29, 0.717) is 62.0 Å². The maximum atomic E-state index is 14.6. The predicted molar refractivity (Wildman–Crippen MR) is 286 cm³/mol. The Morgan fingerprint density at radius 3 is 1.25 bits per heavy atom. The van der Waals surface area contributed by atoms with Gasteiger partial charge in [-0.15, -0.1) is 0 Å². The van der Waals surface area contributed by atoms with Gasteiger partial charge in [0.25, 0.3) is 0 Å². The number of nitrogens with one attached hydrogen (secondary N) is 8. The third kappa shape index (κ3) is 23.6. The van der Waals surface area contributed by atoms with Crippen LogP contribution in [0, 0.1) is 17.8 Å². The number of H-pyrrole nitrogens is 1. The number of benzene rings is 2. The van der Waals surface area contributed by atoms with Crippen molar-refractivity contribution < 1.29 is 43.5 Å². The molecule has 3 aromatic rings. The fourth-order valence-corrected chi connectivity index (χ4v) is 8.36. The Bertz CT molecular complexity index is 2230. The van der Waals surface area contributed by atoms with Crippen LogP contribution in [0.25, 0.3) is 0 Å². The molecule has 3 rings (SSSR count). The summed E-state index contributed by atoms with van der Waals surface area (Å²) >= 11 is 0. The number of aliphatic carboxylic acids is 1. The van der Waals surface area contributed by atoms with E-state index >= 15 is 0 Å². The number of imidazole rings is 1. The van der Waals surface area contributed by atoms with Crippen LogP contribution in [0.5, 0.6) is 0 Å². The van der Waals surface area contributed by atoms with Gasteiger partial charge in [-0.3, -0.25) is 33.6 Å². The molecule has 2 aromatic carbocycles. The lowest BCUT2D eigenvalue weighted by Crippen LogP contribution is -2.61. The molecular weight excluding hydrogens is 961 g/mol. The summed E-state index contributed by atoms with van der Waals surface area (Å²) in [6.07, 6.45) is 6.10. The molecule has 1 aromatic heterocycles. The first-order valence-electron chi connectivity index (χ1n) is 26.3. The molecule has 8 atom stereocenters. The van der Waals surface area contributed by atoms with E-state index < -0.39 is 95.7 Å². The number of aromatic amines is 1. The highest BCUT2D eigenvalue weighted by Gasteiger charge is 2.35. The number of carboxylic acids is 1. The van der Waals surface area contributed by atoms with Gasteiger partial charge in [0.1, 0.15) is 42.3 Å². The van der Waals surface area contributed by atoms with Gasteiger partial charge in [-0.1, -0.05) is 109 Å². The molecule has 0 fully saturated rings. The minimum absolute atomic E-state index is 0.00240. The van der Waals surface area contributed by atoms with Gasteiger partial charge in [0.15, 0.2) is 0 Å². The Morgan fingerprint density at radius 1 is 0.480 bits per heavy atom. The highest BCUT2D eigenvalue weighted by molar-refractivity contribution is 5.97. The molecule has 0 spiro atoms. The largest absolute Gasteiger partial charge is 0.480 e. The van der Waals surface area contributed by atoms with Gasteiger partial charge >= 0.3 is 5.97 Å². The fourth-order valence-electron chi connectivity index (χ4n) is 8.36. The third-order valence-electron chi connectivity index (χ3n) is 12.3. The number of unbranched alkanes of at least 4 members (excludes halogenated alkanes) is 2. The number of carbonyl (C=O) groups is 8. The second kappa shape index (κ2) is 33.3. The lowest BCUT2D eigenvalue weighted by molar-refractivity contribution is -0.142. The maximum Gasteiger partial charge on any atom is 0.326 e. The summed E-state index contributed by atoms with van der Waals surface area (Å²) in [7, 11) is 0. The summed E-state index contributed by atoms with van der Waals surface area (Å²) in [5.74, 6) is -6.30. The molecule has 0 radical (unpaired) electrons. The van der Waals surface area contributed by atoms with Crippen molar-refractivity contribution in [1.29, 1.82) is 0 Å². The van der Waals surface area contributed by atoms with Crippen molar-refractivity contribution in [2.45, 2.75) is 167 Å². The Balaban J connectivity index is 1.93. The topological polar surface area (TPSA) is 348 Å². The van der Waals surface area contributed by atoms with Crippen LogP contribution < -0.4 is 54.4 Å². The summed E-state index contributed by atoms with van der Waals surface area (Å²) < 4.78 is 0. The van der Waals surface area contributed by atoms with Gasteiger partial charge in [0.05, 0.1) is 12.4 Å².